The molecule has 0 unspecified atom stereocenters. The lowest BCUT2D eigenvalue weighted by atomic mass is 10.1. The maximum atomic E-state index is 12.4. The minimum Gasteiger partial charge on any atom is -0.444 e. The summed E-state index contributed by atoms with van der Waals surface area (Å²) in [6.07, 6.45) is 2.10. The zero-order chi connectivity index (χ0) is 16.6. The van der Waals surface area contributed by atoms with Crippen molar-refractivity contribution < 1.29 is 9.53 Å². The molecule has 1 saturated heterocycles. The zero-order valence-electron chi connectivity index (χ0n) is 14.6. The van der Waals surface area contributed by atoms with E-state index >= 15 is 0 Å². The van der Waals surface area contributed by atoms with Gasteiger partial charge in [0.2, 0.25) is 0 Å². The molecule has 1 heterocycles. The van der Waals surface area contributed by atoms with Gasteiger partial charge in [-0.25, -0.2) is 4.79 Å². The number of piperidine rings is 1. The molecule has 2 fully saturated rings. The Bertz CT molecular complexity index is 562. The van der Waals surface area contributed by atoms with Crippen LogP contribution in [-0.2, 0) is 11.3 Å². The highest BCUT2D eigenvalue weighted by Gasteiger charge is 2.47. The van der Waals surface area contributed by atoms with Crippen LogP contribution in [0.5, 0.6) is 0 Å². The Morgan fingerprint density at radius 1 is 1.26 bits per heavy atom. The molecule has 1 aliphatic carbocycles. The van der Waals surface area contributed by atoms with E-state index in [2.05, 4.69) is 36.5 Å². The van der Waals surface area contributed by atoms with Gasteiger partial charge in [-0.05, 0) is 52.0 Å². The van der Waals surface area contributed by atoms with Gasteiger partial charge in [-0.15, -0.1) is 0 Å². The Morgan fingerprint density at radius 2 is 1.96 bits per heavy atom. The standard InChI is InChI=1S/C19H28N2O2/c1-13-5-7-14(8-6-13)11-20-16-9-15-10-17(16)21(12-15)18(22)23-19(2,3)4/h5-8,15-17,20H,9-12H2,1-4H3/t15-,16+,17-/m1/s1. The fraction of sp³-hybridized carbons (Fsp3) is 0.632. The third kappa shape index (κ3) is 3.86. The summed E-state index contributed by atoms with van der Waals surface area (Å²) >= 11 is 0. The van der Waals surface area contributed by atoms with Crippen molar-refractivity contribution in [2.24, 2.45) is 5.92 Å². The Balaban J connectivity index is 1.57. The summed E-state index contributed by atoms with van der Waals surface area (Å²) in [5.41, 5.74) is 2.15. The van der Waals surface area contributed by atoms with Gasteiger partial charge in [-0.3, -0.25) is 0 Å². The number of carbonyl (C=O) groups is 1. The lowest BCUT2D eigenvalue weighted by Crippen LogP contribution is -2.51. The van der Waals surface area contributed by atoms with Gasteiger partial charge in [-0.2, -0.15) is 0 Å². The number of rotatable bonds is 3. The number of likely N-dealkylation sites (tertiary alicyclic amines) is 1. The largest absolute Gasteiger partial charge is 0.444 e. The lowest BCUT2D eigenvalue weighted by molar-refractivity contribution is 0.0157. The molecule has 2 bridgehead atoms. The highest BCUT2D eigenvalue weighted by Crippen LogP contribution is 2.38. The molecule has 3 rings (SSSR count). The number of carbonyl (C=O) groups excluding carboxylic acids is 1. The van der Waals surface area contributed by atoms with Crippen LogP contribution >= 0.6 is 0 Å². The van der Waals surface area contributed by atoms with Crippen LogP contribution in [0.1, 0.15) is 44.7 Å². The van der Waals surface area contributed by atoms with Crippen molar-refractivity contribution in [1.82, 2.24) is 10.2 Å². The summed E-state index contributed by atoms with van der Waals surface area (Å²) in [4.78, 5) is 14.3. The van der Waals surface area contributed by atoms with Crippen molar-refractivity contribution in [2.75, 3.05) is 6.54 Å². The number of hydrogen-bond donors (Lipinski definition) is 1. The SMILES string of the molecule is Cc1ccc(CN[C@H]2C[C@@H]3C[C@H]2N(C(=O)OC(C)(C)C)C3)cc1. The monoisotopic (exact) mass is 316 g/mol. The molecule has 0 aromatic heterocycles. The third-order valence-electron chi connectivity index (χ3n) is 4.80. The number of aryl methyl sites for hydroxylation is 1. The van der Waals surface area contributed by atoms with Crippen molar-refractivity contribution in [3.8, 4) is 0 Å². The van der Waals surface area contributed by atoms with Crippen LogP contribution in [0.15, 0.2) is 24.3 Å². The molecule has 1 aromatic carbocycles. The van der Waals surface area contributed by atoms with E-state index in [-0.39, 0.29) is 12.1 Å². The van der Waals surface area contributed by atoms with Gasteiger partial charge in [-0.1, -0.05) is 29.8 Å². The third-order valence-corrected chi connectivity index (χ3v) is 4.80. The number of hydrogen-bond acceptors (Lipinski definition) is 3. The van der Waals surface area contributed by atoms with Crippen molar-refractivity contribution in [1.29, 1.82) is 0 Å². The topological polar surface area (TPSA) is 41.6 Å². The molecule has 1 amide bonds. The van der Waals surface area contributed by atoms with Crippen LogP contribution in [0.2, 0.25) is 0 Å². The van der Waals surface area contributed by atoms with E-state index in [0.717, 1.165) is 25.9 Å². The predicted octanol–water partition coefficient (Wildman–Crippen LogP) is 3.48. The molecule has 126 valence electrons. The van der Waals surface area contributed by atoms with Gasteiger partial charge in [0, 0.05) is 19.1 Å². The second kappa shape index (κ2) is 6.16. The van der Waals surface area contributed by atoms with Crippen LogP contribution in [0.4, 0.5) is 4.79 Å². The summed E-state index contributed by atoms with van der Waals surface area (Å²) in [7, 11) is 0. The number of nitrogens with one attached hydrogen (secondary N) is 1. The summed E-state index contributed by atoms with van der Waals surface area (Å²) < 4.78 is 5.56. The molecular weight excluding hydrogens is 288 g/mol. The Labute approximate surface area is 139 Å². The molecule has 2 aliphatic rings. The molecular formula is C19H28N2O2. The molecule has 1 saturated carbocycles. The highest BCUT2D eigenvalue weighted by molar-refractivity contribution is 5.69. The number of nitrogens with zero attached hydrogens (tertiary/aromatic N) is 1. The van der Waals surface area contributed by atoms with Crippen LogP contribution in [-0.4, -0.2) is 35.2 Å². The van der Waals surface area contributed by atoms with E-state index in [9.17, 15) is 4.79 Å². The van der Waals surface area contributed by atoms with Crippen LogP contribution in [0.3, 0.4) is 0 Å². The molecule has 4 heteroatoms. The first kappa shape index (κ1) is 16.3. The molecule has 1 aromatic rings. The number of fused-ring (bicyclic) bond motifs is 2. The van der Waals surface area contributed by atoms with E-state index in [1.807, 2.05) is 25.7 Å². The Hall–Kier alpha value is -1.55. The van der Waals surface area contributed by atoms with Crippen molar-refractivity contribution >= 4 is 6.09 Å². The Morgan fingerprint density at radius 3 is 2.57 bits per heavy atom. The van der Waals surface area contributed by atoms with E-state index < -0.39 is 5.60 Å². The van der Waals surface area contributed by atoms with Crippen molar-refractivity contribution in [2.45, 2.75) is 64.8 Å². The van der Waals surface area contributed by atoms with E-state index in [1.165, 1.54) is 11.1 Å². The van der Waals surface area contributed by atoms with E-state index in [1.54, 1.807) is 0 Å². The van der Waals surface area contributed by atoms with Crippen LogP contribution in [0, 0.1) is 12.8 Å². The summed E-state index contributed by atoms with van der Waals surface area (Å²) in [6.45, 7) is 9.58. The molecule has 0 spiro atoms. The van der Waals surface area contributed by atoms with Crippen LogP contribution < -0.4 is 5.32 Å². The second-order valence-corrected chi connectivity index (χ2v) is 8.01. The van der Waals surface area contributed by atoms with Gasteiger partial charge in [0.05, 0.1) is 6.04 Å². The quantitative estimate of drug-likeness (QED) is 0.928. The molecule has 3 atom stereocenters. The molecule has 1 N–H and O–H groups in total. The number of benzene rings is 1. The predicted molar refractivity (Wildman–Crippen MR) is 91.3 cm³/mol. The van der Waals surface area contributed by atoms with Crippen LogP contribution in [0.25, 0.3) is 0 Å². The second-order valence-electron chi connectivity index (χ2n) is 8.01. The molecule has 4 nitrogen and oxygen atoms in total. The maximum Gasteiger partial charge on any atom is 0.410 e. The van der Waals surface area contributed by atoms with Gasteiger partial charge in [0.15, 0.2) is 0 Å². The Kier molecular flexibility index (Phi) is 4.37. The van der Waals surface area contributed by atoms with Gasteiger partial charge < -0.3 is 15.0 Å². The highest BCUT2D eigenvalue weighted by atomic mass is 16.6. The maximum absolute atomic E-state index is 12.4. The fourth-order valence-electron chi connectivity index (χ4n) is 3.73. The first-order chi connectivity index (χ1) is 10.8. The summed E-state index contributed by atoms with van der Waals surface area (Å²) in [5.74, 6) is 0.614. The minimum absolute atomic E-state index is 0.160. The number of ether oxygens (including phenoxy) is 1. The fourth-order valence-corrected chi connectivity index (χ4v) is 3.73. The van der Waals surface area contributed by atoms with Gasteiger partial charge in [0.25, 0.3) is 0 Å². The smallest absolute Gasteiger partial charge is 0.410 e. The summed E-state index contributed by atoms with van der Waals surface area (Å²) in [6, 6.07) is 9.28. The lowest BCUT2D eigenvalue weighted by Gasteiger charge is -2.35. The van der Waals surface area contributed by atoms with E-state index in [4.69, 9.17) is 4.74 Å². The average molecular weight is 316 g/mol. The summed E-state index contributed by atoms with van der Waals surface area (Å²) in [5, 5.41) is 3.65. The molecule has 23 heavy (non-hydrogen) atoms. The molecule has 1 aliphatic heterocycles. The molecule has 0 radical (unpaired) electrons. The zero-order valence-corrected chi connectivity index (χ0v) is 14.6. The van der Waals surface area contributed by atoms with Crippen molar-refractivity contribution in [3.63, 3.8) is 0 Å². The first-order valence-electron chi connectivity index (χ1n) is 8.60. The average Bonchev–Trinajstić information content (AvgIpc) is 3.05. The normalized spacial score (nSPS) is 26.6. The first-order valence-corrected chi connectivity index (χ1v) is 8.60. The van der Waals surface area contributed by atoms with E-state index in [0.29, 0.717) is 12.0 Å². The van der Waals surface area contributed by atoms with Gasteiger partial charge >= 0.3 is 6.09 Å². The number of amides is 1. The van der Waals surface area contributed by atoms with Crippen molar-refractivity contribution in [3.05, 3.63) is 35.4 Å². The van der Waals surface area contributed by atoms with Gasteiger partial charge in [0.1, 0.15) is 5.60 Å². The minimum atomic E-state index is -0.427.